The Morgan fingerprint density at radius 1 is 0.783 bits per heavy atom. The van der Waals surface area contributed by atoms with Gasteiger partial charge in [-0.1, -0.05) is 51.2 Å². The van der Waals surface area contributed by atoms with Crippen molar-refractivity contribution in [3.8, 4) is 5.75 Å². The molecule has 0 heterocycles. The van der Waals surface area contributed by atoms with Crippen molar-refractivity contribution in [3.63, 3.8) is 0 Å². The molecule has 1 N–H and O–H groups in total. The van der Waals surface area contributed by atoms with E-state index < -0.39 is 0 Å². The quantitative estimate of drug-likeness (QED) is 0.496. The van der Waals surface area contributed by atoms with Crippen LogP contribution < -0.4 is 4.74 Å². The fourth-order valence-corrected chi connectivity index (χ4v) is 2.23. The van der Waals surface area contributed by atoms with E-state index in [-0.39, 0.29) is 6.61 Å². The normalized spacial score (nSPS) is 10.9. The van der Waals surface area contributed by atoms with Crippen LogP contribution in [0.25, 0.3) is 0 Å². The molecule has 4 heteroatoms. The summed E-state index contributed by atoms with van der Waals surface area (Å²) in [6.07, 6.45) is 7.68. The molecule has 0 saturated heterocycles. The van der Waals surface area contributed by atoms with Crippen molar-refractivity contribution >= 4 is 0 Å². The van der Waals surface area contributed by atoms with E-state index in [2.05, 4.69) is 6.92 Å². The number of unbranched alkanes of at least 4 members (excludes halogenated alkanes) is 5. The van der Waals surface area contributed by atoms with Crippen LogP contribution in [0.15, 0.2) is 24.3 Å². The summed E-state index contributed by atoms with van der Waals surface area (Å²) in [7, 11) is 0. The molecule has 1 rings (SSSR count). The summed E-state index contributed by atoms with van der Waals surface area (Å²) in [5.41, 5.74) is 1.12. The molecule has 0 radical (unpaired) electrons. The van der Waals surface area contributed by atoms with E-state index in [1.807, 2.05) is 24.3 Å². The van der Waals surface area contributed by atoms with Crippen LogP contribution in [0.1, 0.15) is 51.0 Å². The maximum absolute atomic E-state index is 8.57. The second-order valence-corrected chi connectivity index (χ2v) is 5.65. The number of aliphatic hydroxyl groups is 1. The molecule has 0 aromatic heterocycles. The van der Waals surface area contributed by atoms with Crippen molar-refractivity contribution in [1.29, 1.82) is 0 Å². The lowest BCUT2D eigenvalue weighted by molar-refractivity contribution is 0.0274. The van der Waals surface area contributed by atoms with E-state index in [4.69, 9.17) is 19.3 Å². The molecule has 1 aromatic carbocycles. The van der Waals surface area contributed by atoms with Gasteiger partial charge in [0.1, 0.15) is 5.75 Å². The van der Waals surface area contributed by atoms with Crippen molar-refractivity contribution in [3.05, 3.63) is 29.8 Å². The zero-order chi connectivity index (χ0) is 16.6. The largest absolute Gasteiger partial charge is 0.494 e. The standard InChI is InChI=1S/C19H32O4/c1-2-3-4-5-6-7-13-23-19-10-8-18(9-11-19)17-22-16-15-21-14-12-20/h8-11,20H,2-7,12-17H2,1H3. The first-order valence-electron chi connectivity index (χ1n) is 8.85. The van der Waals surface area contributed by atoms with Gasteiger partial charge in [0.15, 0.2) is 0 Å². The van der Waals surface area contributed by atoms with Crippen LogP contribution >= 0.6 is 0 Å². The van der Waals surface area contributed by atoms with Gasteiger partial charge in [0.2, 0.25) is 0 Å². The average molecular weight is 324 g/mol. The van der Waals surface area contributed by atoms with Crippen LogP contribution in [0, 0.1) is 0 Å². The summed E-state index contributed by atoms with van der Waals surface area (Å²) >= 11 is 0. The lowest BCUT2D eigenvalue weighted by Crippen LogP contribution is -2.07. The van der Waals surface area contributed by atoms with Crippen LogP contribution in [0.4, 0.5) is 0 Å². The minimum absolute atomic E-state index is 0.0558. The molecule has 23 heavy (non-hydrogen) atoms. The molecule has 132 valence electrons. The van der Waals surface area contributed by atoms with E-state index in [9.17, 15) is 0 Å². The van der Waals surface area contributed by atoms with Gasteiger partial charge < -0.3 is 19.3 Å². The predicted octanol–water partition coefficient (Wildman–Crippen LogP) is 3.95. The van der Waals surface area contributed by atoms with Gasteiger partial charge in [-0.25, -0.2) is 0 Å². The molecule has 0 bridgehead atoms. The fraction of sp³-hybridized carbons (Fsp3) is 0.684. The molecule has 4 nitrogen and oxygen atoms in total. The first-order chi connectivity index (χ1) is 11.4. The van der Waals surface area contributed by atoms with Crippen molar-refractivity contribution in [1.82, 2.24) is 0 Å². The summed E-state index contributed by atoms with van der Waals surface area (Å²) in [6, 6.07) is 8.06. The lowest BCUT2D eigenvalue weighted by Gasteiger charge is -2.08. The molecule has 1 aromatic rings. The van der Waals surface area contributed by atoms with Crippen LogP contribution in [0.3, 0.4) is 0 Å². The summed E-state index contributed by atoms with van der Waals surface area (Å²) in [4.78, 5) is 0. The molecular weight excluding hydrogens is 292 g/mol. The first-order valence-corrected chi connectivity index (χ1v) is 8.85. The number of aliphatic hydroxyl groups excluding tert-OH is 1. The molecule has 0 atom stereocenters. The predicted molar refractivity (Wildman–Crippen MR) is 92.9 cm³/mol. The summed E-state index contributed by atoms with van der Waals surface area (Å²) in [5.74, 6) is 0.925. The maximum Gasteiger partial charge on any atom is 0.119 e. The minimum Gasteiger partial charge on any atom is -0.494 e. The average Bonchev–Trinajstić information content (AvgIpc) is 2.58. The molecule has 0 aliphatic rings. The van der Waals surface area contributed by atoms with Crippen molar-refractivity contribution < 1.29 is 19.3 Å². The Hall–Kier alpha value is -1.10. The van der Waals surface area contributed by atoms with E-state index >= 15 is 0 Å². The molecule has 0 spiro atoms. The Kier molecular flexibility index (Phi) is 12.6. The molecule has 0 amide bonds. The van der Waals surface area contributed by atoms with Gasteiger partial charge in [-0.3, -0.25) is 0 Å². The third kappa shape index (κ3) is 11.1. The van der Waals surface area contributed by atoms with E-state index in [1.165, 1.54) is 32.1 Å². The van der Waals surface area contributed by atoms with E-state index in [0.29, 0.717) is 26.4 Å². The topological polar surface area (TPSA) is 47.9 Å². The monoisotopic (exact) mass is 324 g/mol. The van der Waals surface area contributed by atoms with E-state index in [1.54, 1.807) is 0 Å². The summed E-state index contributed by atoms with van der Waals surface area (Å²) in [6.45, 7) is 5.08. The lowest BCUT2D eigenvalue weighted by atomic mass is 10.1. The Bertz CT molecular complexity index is 364. The molecular formula is C19H32O4. The molecule has 0 aliphatic heterocycles. The zero-order valence-electron chi connectivity index (χ0n) is 14.5. The van der Waals surface area contributed by atoms with Crippen molar-refractivity contribution in [2.24, 2.45) is 0 Å². The van der Waals surface area contributed by atoms with Crippen LogP contribution in [-0.2, 0) is 16.1 Å². The first kappa shape index (κ1) is 19.9. The van der Waals surface area contributed by atoms with Gasteiger partial charge >= 0.3 is 0 Å². The third-order valence-electron chi connectivity index (χ3n) is 3.57. The Morgan fingerprint density at radius 2 is 1.48 bits per heavy atom. The second kappa shape index (κ2) is 14.5. The highest BCUT2D eigenvalue weighted by atomic mass is 16.5. The number of hydrogen-bond acceptors (Lipinski definition) is 4. The smallest absolute Gasteiger partial charge is 0.119 e. The Labute approximate surface area is 140 Å². The molecule has 0 unspecified atom stereocenters. The molecule has 0 saturated carbocycles. The van der Waals surface area contributed by atoms with Crippen LogP contribution in [0.2, 0.25) is 0 Å². The van der Waals surface area contributed by atoms with Crippen molar-refractivity contribution in [2.45, 2.75) is 52.1 Å². The summed E-state index contributed by atoms with van der Waals surface area (Å²) < 4.78 is 16.4. The fourth-order valence-electron chi connectivity index (χ4n) is 2.23. The number of benzene rings is 1. The van der Waals surface area contributed by atoms with Gasteiger partial charge in [-0.15, -0.1) is 0 Å². The highest BCUT2D eigenvalue weighted by Crippen LogP contribution is 2.14. The zero-order valence-corrected chi connectivity index (χ0v) is 14.5. The maximum atomic E-state index is 8.57. The van der Waals surface area contributed by atoms with E-state index in [0.717, 1.165) is 24.3 Å². The van der Waals surface area contributed by atoms with Gasteiger partial charge in [0.25, 0.3) is 0 Å². The summed E-state index contributed by atoms with van der Waals surface area (Å²) in [5, 5.41) is 8.57. The highest BCUT2D eigenvalue weighted by Gasteiger charge is 1.97. The SMILES string of the molecule is CCCCCCCCOc1ccc(COCCOCCO)cc1. The van der Waals surface area contributed by atoms with Crippen LogP contribution in [0.5, 0.6) is 5.75 Å². The van der Waals surface area contributed by atoms with Crippen LogP contribution in [-0.4, -0.2) is 38.1 Å². The number of rotatable bonds is 15. The minimum atomic E-state index is 0.0558. The number of ether oxygens (including phenoxy) is 3. The van der Waals surface area contributed by atoms with Gasteiger partial charge in [0, 0.05) is 0 Å². The van der Waals surface area contributed by atoms with Gasteiger partial charge in [-0.05, 0) is 24.1 Å². The Morgan fingerprint density at radius 3 is 2.22 bits per heavy atom. The molecule has 0 aliphatic carbocycles. The van der Waals surface area contributed by atoms with Crippen molar-refractivity contribution in [2.75, 3.05) is 33.0 Å². The third-order valence-corrected chi connectivity index (χ3v) is 3.57. The van der Waals surface area contributed by atoms with Gasteiger partial charge in [0.05, 0.1) is 39.6 Å². The highest BCUT2D eigenvalue weighted by molar-refractivity contribution is 5.26. The second-order valence-electron chi connectivity index (χ2n) is 5.65. The molecule has 0 fully saturated rings. The number of hydrogen-bond donors (Lipinski definition) is 1. The Balaban J connectivity index is 2.04. The van der Waals surface area contributed by atoms with Gasteiger partial charge in [-0.2, -0.15) is 0 Å².